The Bertz CT molecular complexity index is 971. The van der Waals surface area contributed by atoms with E-state index in [2.05, 4.69) is 24.9 Å². The number of rotatable bonds is 2. The lowest BCUT2D eigenvalue weighted by molar-refractivity contribution is 0.0726. The number of fused-ring (bicyclic) bond motifs is 1. The molecule has 4 heterocycles. The van der Waals surface area contributed by atoms with Crippen LogP contribution >= 0.6 is 0 Å². The lowest BCUT2D eigenvalue weighted by Gasteiger charge is -2.27. The molecular formula is C17H14N6O2. The van der Waals surface area contributed by atoms with Gasteiger partial charge in [0.05, 0.1) is 24.0 Å². The summed E-state index contributed by atoms with van der Waals surface area (Å²) < 4.78 is 0. The van der Waals surface area contributed by atoms with Crippen LogP contribution in [0, 0.1) is 0 Å². The summed E-state index contributed by atoms with van der Waals surface area (Å²) in [5, 5.41) is 0. The predicted octanol–water partition coefficient (Wildman–Crippen LogP) is 0.820. The Morgan fingerprint density at radius 3 is 2.84 bits per heavy atom. The van der Waals surface area contributed by atoms with E-state index in [9.17, 15) is 9.59 Å². The van der Waals surface area contributed by atoms with Gasteiger partial charge < -0.3 is 9.88 Å². The SMILES string of the molecule is O=C(c1ccccn1)N1CCc2nc(-c3cnccn3)[nH]c(=O)c2C1. The van der Waals surface area contributed by atoms with Gasteiger partial charge in [-0.25, -0.2) is 9.97 Å². The minimum absolute atomic E-state index is 0.191. The number of carbonyl (C=O) groups excluding carboxylic acids is 1. The monoisotopic (exact) mass is 334 g/mol. The Balaban J connectivity index is 1.64. The second-order valence-corrected chi connectivity index (χ2v) is 5.62. The van der Waals surface area contributed by atoms with Gasteiger partial charge in [0.25, 0.3) is 11.5 Å². The van der Waals surface area contributed by atoms with Crippen molar-refractivity contribution < 1.29 is 4.79 Å². The van der Waals surface area contributed by atoms with Crippen molar-refractivity contribution in [2.45, 2.75) is 13.0 Å². The number of nitrogens with one attached hydrogen (secondary N) is 1. The van der Waals surface area contributed by atoms with Gasteiger partial charge in [-0.3, -0.25) is 19.6 Å². The average Bonchev–Trinajstić information content (AvgIpc) is 2.68. The summed E-state index contributed by atoms with van der Waals surface area (Å²) in [7, 11) is 0. The Kier molecular flexibility index (Phi) is 3.77. The first-order valence-corrected chi connectivity index (χ1v) is 7.81. The van der Waals surface area contributed by atoms with Crippen LogP contribution in [0.5, 0.6) is 0 Å². The number of aromatic nitrogens is 5. The van der Waals surface area contributed by atoms with Crippen LogP contribution in [-0.2, 0) is 13.0 Å². The van der Waals surface area contributed by atoms with E-state index in [1.807, 2.05) is 0 Å². The van der Waals surface area contributed by atoms with Crippen molar-refractivity contribution in [2.24, 2.45) is 0 Å². The maximum atomic E-state index is 12.5. The Morgan fingerprint density at radius 1 is 1.16 bits per heavy atom. The molecule has 0 aromatic carbocycles. The van der Waals surface area contributed by atoms with Crippen molar-refractivity contribution in [3.8, 4) is 11.5 Å². The van der Waals surface area contributed by atoms with Crippen molar-refractivity contribution in [3.05, 3.63) is 70.3 Å². The van der Waals surface area contributed by atoms with Crippen molar-refractivity contribution >= 4 is 5.91 Å². The number of nitrogens with zero attached hydrogens (tertiary/aromatic N) is 5. The van der Waals surface area contributed by atoms with Crippen molar-refractivity contribution in [2.75, 3.05) is 6.54 Å². The average molecular weight is 334 g/mol. The highest BCUT2D eigenvalue weighted by Gasteiger charge is 2.26. The minimum Gasteiger partial charge on any atom is -0.332 e. The maximum Gasteiger partial charge on any atom is 0.272 e. The first kappa shape index (κ1) is 15.1. The third-order valence-electron chi connectivity index (χ3n) is 4.05. The molecule has 1 aliphatic heterocycles. The van der Waals surface area contributed by atoms with Gasteiger partial charge in [0.15, 0.2) is 5.82 Å². The minimum atomic E-state index is -0.260. The Labute approximate surface area is 142 Å². The topological polar surface area (TPSA) is 105 Å². The summed E-state index contributed by atoms with van der Waals surface area (Å²) in [4.78, 5) is 46.0. The highest BCUT2D eigenvalue weighted by atomic mass is 16.2. The molecule has 1 N–H and O–H groups in total. The van der Waals surface area contributed by atoms with E-state index in [4.69, 9.17) is 0 Å². The highest BCUT2D eigenvalue weighted by molar-refractivity contribution is 5.92. The number of aromatic amines is 1. The van der Waals surface area contributed by atoms with E-state index in [-0.39, 0.29) is 18.0 Å². The molecule has 0 aliphatic carbocycles. The number of pyridine rings is 1. The van der Waals surface area contributed by atoms with E-state index >= 15 is 0 Å². The molecule has 0 saturated heterocycles. The number of H-pyrrole nitrogens is 1. The van der Waals surface area contributed by atoms with Gasteiger partial charge in [-0.1, -0.05) is 6.07 Å². The largest absolute Gasteiger partial charge is 0.332 e. The molecule has 8 nitrogen and oxygen atoms in total. The summed E-state index contributed by atoms with van der Waals surface area (Å²) in [6.07, 6.45) is 6.73. The van der Waals surface area contributed by atoms with Crippen LogP contribution in [-0.4, -0.2) is 42.3 Å². The van der Waals surface area contributed by atoms with Crippen LogP contribution in [0.2, 0.25) is 0 Å². The molecule has 4 rings (SSSR count). The van der Waals surface area contributed by atoms with Gasteiger partial charge in [-0.05, 0) is 12.1 Å². The van der Waals surface area contributed by atoms with Gasteiger partial charge in [0, 0.05) is 31.6 Å². The van der Waals surface area contributed by atoms with Gasteiger partial charge in [-0.2, -0.15) is 0 Å². The molecule has 124 valence electrons. The molecule has 1 amide bonds. The van der Waals surface area contributed by atoms with Crippen molar-refractivity contribution in [1.82, 2.24) is 29.8 Å². The second-order valence-electron chi connectivity index (χ2n) is 5.62. The van der Waals surface area contributed by atoms with Crippen LogP contribution < -0.4 is 5.56 Å². The highest BCUT2D eigenvalue weighted by Crippen LogP contribution is 2.18. The molecule has 0 unspecified atom stereocenters. The summed E-state index contributed by atoms with van der Waals surface area (Å²) in [5.41, 5.74) is 1.81. The fourth-order valence-electron chi connectivity index (χ4n) is 2.79. The zero-order valence-corrected chi connectivity index (χ0v) is 13.2. The van der Waals surface area contributed by atoms with E-state index in [0.717, 1.165) is 0 Å². The maximum absolute atomic E-state index is 12.5. The van der Waals surface area contributed by atoms with Crippen LogP contribution in [0.4, 0.5) is 0 Å². The summed E-state index contributed by atoms with van der Waals surface area (Å²) in [5.74, 6) is 0.199. The lowest BCUT2D eigenvalue weighted by Crippen LogP contribution is -2.39. The molecule has 0 atom stereocenters. The second kappa shape index (κ2) is 6.23. The molecule has 1 aliphatic rings. The van der Waals surface area contributed by atoms with Crippen LogP contribution in [0.15, 0.2) is 47.8 Å². The van der Waals surface area contributed by atoms with Gasteiger partial charge >= 0.3 is 0 Å². The number of hydrogen-bond acceptors (Lipinski definition) is 6. The first-order valence-electron chi connectivity index (χ1n) is 7.81. The number of carbonyl (C=O) groups is 1. The van der Waals surface area contributed by atoms with E-state index < -0.39 is 0 Å². The van der Waals surface area contributed by atoms with E-state index in [0.29, 0.717) is 41.4 Å². The normalized spacial score (nSPS) is 13.4. The molecule has 0 saturated carbocycles. The predicted molar refractivity (Wildman–Crippen MR) is 88.6 cm³/mol. The van der Waals surface area contributed by atoms with Gasteiger partial charge in [0.1, 0.15) is 11.4 Å². The third kappa shape index (κ3) is 2.89. The number of hydrogen-bond donors (Lipinski definition) is 1. The molecule has 3 aromatic heterocycles. The zero-order chi connectivity index (χ0) is 17.2. The first-order chi connectivity index (χ1) is 12.2. The molecule has 0 spiro atoms. The lowest BCUT2D eigenvalue weighted by atomic mass is 10.1. The fourth-order valence-corrected chi connectivity index (χ4v) is 2.79. The van der Waals surface area contributed by atoms with Crippen molar-refractivity contribution in [3.63, 3.8) is 0 Å². The summed E-state index contributed by atoms with van der Waals surface area (Å²) in [6.45, 7) is 0.701. The van der Waals surface area contributed by atoms with Crippen LogP contribution in [0.1, 0.15) is 21.7 Å². The molecule has 0 radical (unpaired) electrons. The molecule has 8 heteroatoms. The Hall–Kier alpha value is -3.42. The smallest absolute Gasteiger partial charge is 0.272 e. The van der Waals surface area contributed by atoms with Crippen molar-refractivity contribution in [1.29, 1.82) is 0 Å². The quantitative estimate of drug-likeness (QED) is 0.744. The van der Waals surface area contributed by atoms with E-state index in [1.165, 1.54) is 0 Å². The number of amides is 1. The third-order valence-corrected chi connectivity index (χ3v) is 4.05. The Morgan fingerprint density at radius 2 is 2.08 bits per heavy atom. The van der Waals surface area contributed by atoms with Gasteiger partial charge in [-0.15, -0.1) is 0 Å². The zero-order valence-electron chi connectivity index (χ0n) is 13.2. The molecule has 0 fully saturated rings. The molecule has 25 heavy (non-hydrogen) atoms. The summed E-state index contributed by atoms with van der Waals surface area (Å²) >= 11 is 0. The summed E-state index contributed by atoms with van der Waals surface area (Å²) in [6, 6.07) is 5.18. The van der Waals surface area contributed by atoms with Crippen LogP contribution in [0.3, 0.4) is 0 Å². The molecule has 3 aromatic rings. The molecule has 0 bridgehead atoms. The molecular weight excluding hydrogens is 320 g/mol. The van der Waals surface area contributed by atoms with Gasteiger partial charge in [0.2, 0.25) is 0 Å². The standard InChI is InChI=1S/C17H14N6O2/c24-16-11-10-23(17(25)13-3-1-2-5-19-13)8-4-12(11)21-15(22-16)14-9-18-6-7-20-14/h1-3,5-7,9H,4,8,10H2,(H,21,22,24). The fraction of sp³-hybridized carbons (Fsp3) is 0.176. The van der Waals surface area contributed by atoms with E-state index in [1.54, 1.807) is 47.9 Å². The van der Waals surface area contributed by atoms with Crippen LogP contribution in [0.25, 0.3) is 11.5 Å².